The Balaban J connectivity index is 2.15. The zero-order valence-electron chi connectivity index (χ0n) is 10.4. The summed E-state index contributed by atoms with van der Waals surface area (Å²) >= 11 is 11.8. The molecule has 100 valence electrons. The van der Waals surface area contributed by atoms with Crippen LogP contribution in [-0.4, -0.2) is 5.11 Å². The van der Waals surface area contributed by atoms with E-state index in [0.717, 1.165) is 5.56 Å². The van der Waals surface area contributed by atoms with Gasteiger partial charge >= 0.3 is 0 Å². The van der Waals surface area contributed by atoms with E-state index in [2.05, 4.69) is 0 Å². The van der Waals surface area contributed by atoms with Gasteiger partial charge in [0, 0.05) is 15.6 Å². The molecule has 1 atom stereocenters. The van der Waals surface area contributed by atoms with Crippen LogP contribution in [0.3, 0.4) is 0 Å². The largest absolute Gasteiger partial charge is 0.489 e. The molecule has 0 saturated heterocycles. The second kappa shape index (κ2) is 6.29. The van der Waals surface area contributed by atoms with Gasteiger partial charge in [0.05, 0.1) is 6.10 Å². The molecule has 1 unspecified atom stereocenters. The predicted octanol–water partition coefficient (Wildman–Crippen LogP) is 4.63. The lowest BCUT2D eigenvalue weighted by Crippen LogP contribution is -2.01. The monoisotopic (exact) mass is 296 g/mol. The molecule has 2 nitrogen and oxygen atoms in total. The standard InChI is InChI=1S/C15H14Cl2O2/c1-10(18)14-8-13(17)5-6-15(14)19-9-11-3-2-4-12(16)7-11/h2-8,10,18H,9H2,1H3. The summed E-state index contributed by atoms with van der Waals surface area (Å²) in [6.45, 7) is 2.07. The van der Waals surface area contributed by atoms with Gasteiger partial charge in [-0.3, -0.25) is 0 Å². The molecule has 0 aliphatic rings. The Kier molecular flexibility index (Phi) is 4.70. The quantitative estimate of drug-likeness (QED) is 0.891. The molecule has 0 aliphatic heterocycles. The number of aliphatic hydroxyl groups is 1. The van der Waals surface area contributed by atoms with Gasteiger partial charge in [-0.05, 0) is 42.8 Å². The van der Waals surface area contributed by atoms with E-state index in [1.165, 1.54) is 0 Å². The van der Waals surface area contributed by atoms with Crippen molar-refractivity contribution in [3.8, 4) is 5.75 Å². The van der Waals surface area contributed by atoms with Gasteiger partial charge < -0.3 is 9.84 Å². The first-order valence-corrected chi connectivity index (χ1v) is 6.66. The predicted molar refractivity (Wildman–Crippen MR) is 77.9 cm³/mol. The Hall–Kier alpha value is -1.22. The molecule has 0 heterocycles. The Bertz CT molecular complexity index is 568. The molecule has 0 fully saturated rings. The fourth-order valence-electron chi connectivity index (χ4n) is 1.77. The molecule has 0 amide bonds. The molecule has 2 aromatic carbocycles. The number of aliphatic hydroxyl groups excluding tert-OH is 1. The van der Waals surface area contributed by atoms with Gasteiger partial charge in [0.15, 0.2) is 0 Å². The van der Waals surface area contributed by atoms with E-state index >= 15 is 0 Å². The molecular formula is C15H14Cl2O2. The third-order valence-corrected chi connectivity index (χ3v) is 3.18. The van der Waals surface area contributed by atoms with Gasteiger partial charge in [0.2, 0.25) is 0 Å². The summed E-state index contributed by atoms with van der Waals surface area (Å²) in [6, 6.07) is 12.7. The lowest BCUT2D eigenvalue weighted by Gasteiger charge is -2.14. The molecule has 0 aliphatic carbocycles. The van der Waals surface area contributed by atoms with Crippen LogP contribution in [0.5, 0.6) is 5.75 Å². The van der Waals surface area contributed by atoms with Gasteiger partial charge in [0.1, 0.15) is 12.4 Å². The molecule has 0 aromatic heterocycles. The fraction of sp³-hybridized carbons (Fsp3) is 0.200. The van der Waals surface area contributed by atoms with Crippen molar-refractivity contribution in [2.75, 3.05) is 0 Å². The first-order valence-electron chi connectivity index (χ1n) is 5.91. The third kappa shape index (κ3) is 3.87. The Morgan fingerprint density at radius 1 is 1.11 bits per heavy atom. The average Bonchev–Trinajstić information content (AvgIpc) is 2.37. The van der Waals surface area contributed by atoms with Crippen molar-refractivity contribution in [1.82, 2.24) is 0 Å². The van der Waals surface area contributed by atoms with Crippen LogP contribution in [0, 0.1) is 0 Å². The van der Waals surface area contributed by atoms with Crippen LogP contribution in [0.1, 0.15) is 24.2 Å². The summed E-state index contributed by atoms with van der Waals surface area (Å²) < 4.78 is 5.72. The van der Waals surface area contributed by atoms with Crippen LogP contribution in [0.4, 0.5) is 0 Å². The molecule has 1 N–H and O–H groups in total. The zero-order chi connectivity index (χ0) is 13.8. The fourth-order valence-corrected chi connectivity index (χ4v) is 2.16. The molecule has 4 heteroatoms. The van der Waals surface area contributed by atoms with Crippen LogP contribution in [0.25, 0.3) is 0 Å². The molecule has 2 aromatic rings. The van der Waals surface area contributed by atoms with Crippen molar-refractivity contribution in [3.05, 3.63) is 63.6 Å². The molecule has 0 spiro atoms. The van der Waals surface area contributed by atoms with E-state index in [-0.39, 0.29) is 0 Å². The summed E-state index contributed by atoms with van der Waals surface area (Å²) in [7, 11) is 0. The highest BCUT2D eigenvalue weighted by atomic mass is 35.5. The van der Waals surface area contributed by atoms with Crippen molar-refractivity contribution in [2.24, 2.45) is 0 Å². The topological polar surface area (TPSA) is 29.5 Å². The SMILES string of the molecule is CC(O)c1cc(Cl)ccc1OCc1cccc(Cl)c1. The maximum Gasteiger partial charge on any atom is 0.125 e. The highest BCUT2D eigenvalue weighted by Crippen LogP contribution is 2.29. The van der Waals surface area contributed by atoms with Crippen molar-refractivity contribution < 1.29 is 9.84 Å². The zero-order valence-corrected chi connectivity index (χ0v) is 11.9. The van der Waals surface area contributed by atoms with Crippen LogP contribution in [0.15, 0.2) is 42.5 Å². The van der Waals surface area contributed by atoms with E-state index in [1.54, 1.807) is 25.1 Å². The van der Waals surface area contributed by atoms with E-state index in [9.17, 15) is 5.11 Å². The molecule has 2 rings (SSSR count). The second-order valence-corrected chi connectivity index (χ2v) is 5.15. The number of benzene rings is 2. The van der Waals surface area contributed by atoms with E-state index in [4.69, 9.17) is 27.9 Å². The van der Waals surface area contributed by atoms with Crippen molar-refractivity contribution in [1.29, 1.82) is 0 Å². The summed E-state index contributed by atoms with van der Waals surface area (Å²) in [5, 5.41) is 11.0. The molecule has 19 heavy (non-hydrogen) atoms. The molecular weight excluding hydrogens is 283 g/mol. The number of rotatable bonds is 4. The Labute approximate surface area is 122 Å². The minimum Gasteiger partial charge on any atom is -0.489 e. The lowest BCUT2D eigenvalue weighted by molar-refractivity contribution is 0.190. The van der Waals surface area contributed by atoms with Gasteiger partial charge in [-0.15, -0.1) is 0 Å². The molecule has 0 radical (unpaired) electrons. The smallest absolute Gasteiger partial charge is 0.125 e. The average molecular weight is 297 g/mol. The summed E-state index contributed by atoms with van der Waals surface area (Å²) in [5.41, 5.74) is 1.65. The van der Waals surface area contributed by atoms with Crippen molar-refractivity contribution >= 4 is 23.2 Å². The van der Waals surface area contributed by atoms with E-state index in [0.29, 0.717) is 28.0 Å². The summed E-state index contributed by atoms with van der Waals surface area (Å²) in [6.07, 6.45) is -0.631. The van der Waals surface area contributed by atoms with E-state index in [1.807, 2.05) is 24.3 Å². The summed E-state index contributed by atoms with van der Waals surface area (Å²) in [4.78, 5) is 0. The molecule has 0 saturated carbocycles. The normalized spacial score (nSPS) is 12.2. The minimum atomic E-state index is -0.631. The highest BCUT2D eigenvalue weighted by molar-refractivity contribution is 6.30. The van der Waals surface area contributed by atoms with Gasteiger partial charge in [-0.1, -0.05) is 35.3 Å². The van der Waals surface area contributed by atoms with Crippen LogP contribution >= 0.6 is 23.2 Å². The second-order valence-electron chi connectivity index (χ2n) is 4.28. The van der Waals surface area contributed by atoms with Gasteiger partial charge in [0.25, 0.3) is 0 Å². The summed E-state index contributed by atoms with van der Waals surface area (Å²) in [5.74, 6) is 0.624. The number of hydrogen-bond donors (Lipinski definition) is 1. The maximum absolute atomic E-state index is 9.71. The Morgan fingerprint density at radius 2 is 1.84 bits per heavy atom. The lowest BCUT2D eigenvalue weighted by atomic mass is 10.1. The van der Waals surface area contributed by atoms with Crippen LogP contribution in [0.2, 0.25) is 10.0 Å². The maximum atomic E-state index is 9.71. The van der Waals surface area contributed by atoms with Crippen molar-refractivity contribution in [2.45, 2.75) is 19.6 Å². The molecule has 0 bridgehead atoms. The first-order chi connectivity index (χ1) is 9.06. The van der Waals surface area contributed by atoms with Crippen LogP contribution in [-0.2, 0) is 6.61 Å². The highest BCUT2D eigenvalue weighted by Gasteiger charge is 2.10. The van der Waals surface area contributed by atoms with Crippen molar-refractivity contribution in [3.63, 3.8) is 0 Å². The minimum absolute atomic E-state index is 0.391. The Morgan fingerprint density at radius 3 is 2.53 bits per heavy atom. The number of hydrogen-bond acceptors (Lipinski definition) is 2. The van der Waals surface area contributed by atoms with E-state index < -0.39 is 6.10 Å². The first kappa shape index (κ1) is 14.2. The van der Waals surface area contributed by atoms with Gasteiger partial charge in [-0.2, -0.15) is 0 Å². The van der Waals surface area contributed by atoms with Crippen LogP contribution < -0.4 is 4.74 Å². The van der Waals surface area contributed by atoms with Gasteiger partial charge in [-0.25, -0.2) is 0 Å². The number of ether oxygens (including phenoxy) is 1. The third-order valence-electron chi connectivity index (χ3n) is 2.71. The number of halogens is 2.